The number of benzene rings is 1. The van der Waals surface area contributed by atoms with Crippen molar-refractivity contribution < 1.29 is 17.9 Å². The molecule has 4 N–H and O–H groups in total. The molecule has 0 radical (unpaired) electrons. The molecule has 1 fully saturated rings. The van der Waals surface area contributed by atoms with Crippen LogP contribution in [0.15, 0.2) is 29.2 Å². The predicted molar refractivity (Wildman–Crippen MR) is 107 cm³/mol. The summed E-state index contributed by atoms with van der Waals surface area (Å²) in [5.41, 5.74) is 5.59. The number of carbonyl (C=O) groups is 1. The summed E-state index contributed by atoms with van der Waals surface area (Å²) in [6, 6.07) is 6.11. The van der Waals surface area contributed by atoms with Crippen LogP contribution in [0.5, 0.6) is 0 Å². The van der Waals surface area contributed by atoms with Crippen molar-refractivity contribution >= 4 is 28.3 Å². The summed E-state index contributed by atoms with van der Waals surface area (Å²) in [5.74, 6) is -0.257. The van der Waals surface area contributed by atoms with Gasteiger partial charge in [-0.3, -0.25) is 4.79 Å². The van der Waals surface area contributed by atoms with Crippen LogP contribution in [0, 0.1) is 5.41 Å². The first-order chi connectivity index (χ1) is 12.0. The maximum atomic E-state index is 12.8. The highest BCUT2D eigenvalue weighted by Crippen LogP contribution is 2.50. The van der Waals surface area contributed by atoms with Crippen molar-refractivity contribution in [1.29, 1.82) is 0 Å². The zero-order valence-corrected chi connectivity index (χ0v) is 18.0. The molecule has 0 saturated heterocycles. The van der Waals surface area contributed by atoms with E-state index < -0.39 is 21.0 Å². The Balaban J connectivity index is 0.00000364. The van der Waals surface area contributed by atoms with Crippen molar-refractivity contribution in [2.45, 2.75) is 56.7 Å². The van der Waals surface area contributed by atoms with Gasteiger partial charge in [-0.15, -0.1) is 12.4 Å². The second-order valence-electron chi connectivity index (χ2n) is 7.32. The van der Waals surface area contributed by atoms with Crippen molar-refractivity contribution in [1.82, 2.24) is 10.0 Å². The summed E-state index contributed by atoms with van der Waals surface area (Å²) >= 11 is 0. The van der Waals surface area contributed by atoms with Gasteiger partial charge >= 0.3 is 0 Å². The lowest BCUT2D eigenvalue weighted by atomic mass is 9.54. The Morgan fingerprint density at radius 3 is 2.56 bits per heavy atom. The zero-order chi connectivity index (χ0) is 19.8. The molecule has 9 heteroatoms. The summed E-state index contributed by atoms with van der Waals surface area (Å²) in [4.78, 5) is 13.0. The molecule has 3 unspecified atom stereocenters. The van der Waals surface area contributed by atoms with Gasteiger partial charge in [0.05, 0.1) is 17.0 Å². The van der Waals surface area contributed by atoms with Crippen LogP contribution in [0.4, 0.5) is 0 Å². The predicted octanol–water partition coefficient (Wildman–Crippen LogP) is 1.73. The third kappa shape index (κ3) is 4.30. The van der Waals surface area contributed by atoms with Crippen LogP contribution in [0.3, 0.4) is 0 Å². The Morgan fingerprint density at radius 2 is 2.04 bits per heavy atom. The monoisotopic (exact) mass is 419 g/mol. The van der Waals surface area contributed by atoms with Gasteiger partial charge in [-0.25, -0.2) is 13.1 Å². The molecule has 1 aromatic carbocycles. The molecule has 0 heterocycles. The van der Waals surface area contributed by atoms with Gasteiger partial charge in [0.25, 0.3) is 0 Å². The van der Waals surface area contributed by atoms with Crippen LogP contribution < -0.4 is 15.8 Å². The number of nitrogens with two attached hydrogens (primary N) is 1. The van der Waals surface area contributed by atoms with E-state index in [0.717, 1.165) is 0 Å². The minimum atomic E-state index is -3.54. The van der Waals surface area contributed by atoms with E-state index >= 15 is 0 Å². The zero-order valence-electron chi connectivity index (χ0n) is 16.4. The SMILES string of the molecule is CCOC1CC(N)(C(=O)NC(C)c2cccc(S(=O)(=O)NC)c2)C1(C)C.Cl. The van der Waals surface area contributed by atoms with E-state index in [4.69, 9.17) is 10.5 Å². The van der Waals surface area contributed by atoms with E-state index in [9.17, 15) is 13.2 Å². The largest absolute Gasteiger partial charge is 0.378 e. The Bertz CT molecular complexity index is 785. The maximum Gasteiger partial charge on any atom is 0.241 e. The van der Waals surface area contributed by atoms with Crippen LogP contribution in [0.2, 0.25) is 0 Å². The van der Waals surface area contributed by atoms with E-state index in [1.165, 1.54) is 13.1 Å². The van der Waals surface area contributed by atoms with Gasteiger partial charge in [-0.05, 0) is 38.6 Å². The summed E-state index contributed by atoms with van der Waals surface area (Å²) in [7, 11) is -2.18. The van der Waals surface area contributed by atoms with Gasteiger partial charge in [-0.2, -0.15) is 0 Å². The van der Waals surface area contributed by atoms with Crippen molar-refractivity contribution in [3.8, 4) is 0 Å². The summed E-state index contributed by atoms with van der Waals surface area (Å²) in [6.45, 7) is 8.16. The topological polar surface area (TPSA) is 111 Å². The molecule has 0 aliphatic heterocycles. The van der Waals surface area contributed by atoms with Crippen LogP contribution >= 0.6 is 12.4 Å². The minimum Gasteiger partial charge on any atom is -0.378 e. The van der Waals surface area contributed by atoms with Crippen molar-refractivity contribution in [2.24, 2.45) is 11.1 Å². The van der Waals surface area contributed by atoms with Crippen LogP contribution in [-0.4, -0.2) is 39.6 Å². The highest BCUT2D eigenvalue weighted by atomic mass is 35.5. The first-order valence-corrected chi connectivity index (χ1v) is 10.2. The number of ether oxygens (including phenoxy) is 1. The van der Waals surface area contributed by atoms with Gasteiger partial charge in [0.2, 0.25) is 15.9 Å². The molecule has 2 rings (SSSR count). The Kier molecular flexibility index (Phi) is 7.46. The fraction of sp³-hybridized carbons (Fsp3) is 0.611. The summed E-state index contributed by atoms with van der Waals surface area (Å²) in [5, 5.41) is 2.92. The molecular weight excluding hydrogens is 390 g/mol. The third-order valence-electron chi connectivity index (χ3n) is 5.52. The Hall–Kier alpha value is -1.19. The third-order valence-corrected chi connectivity index (χ3v) is 6.93. The molecular formula is C18H30ClN3O4S. The molecule has 1 amide bonds. The lowest BCUT2D eigenvalue weighted by Gasteiger charge is -2.57. The van der Waals surface area contributed by atoms with E-state index in [-0.39, 0.29) is 35.4 Å². The first-order valence-electron chi connectivity index (χ1n) is 8.74. The van der Waals surface area contributed by atoms with Crippen molar-refractivity contribution in [3.05, 3.63) is 29.8 Å². The molecule has 1 saturated carbocycles. The van der Waals surface area contributed by atoms with E-state index in [1.54, 1.807) is 25.1 Å². The molecule has 0 bridgehead atoms. The molecule has 27 heavy (non-hydrogen) atoms. The molecule has 0 spiro atoms. The standard InChI is InChI=1S/C18H29N3O4S.ClH/c1-6-25-15-11-18(19,17(15,3)4)16(22)21-12(2)13-8-7-9-14(10-13)26(23,24)20-5;/h7-10,12,15,20H,6,11,19H2,1-5H3,(H,21,22);1H. The number of carbonyl (C=O) groups excluding carboxylic acids is 1. The smallest absolute Gasteiger partial charge is 0.241 e. The molecule has 154 valence electrons. The van der Waals surface area contributed by atoms with Crippen LogP contribution in [0.25, 0.3) is 0 Å². The minimum absolute atomic E-state index is 0. The molecule has 3 atom stereocenters. The van der Waals surface area contributed by atoms with E-state index in [2.05, 4.69) is 10.0 Å². The summed E-state index contributed by atoms with van der Waals surface area (Å²) < 4.78 is 31.9. The number of rotatable bonds is 7. The quantitative estimate of drug-likeness (QED) is 0.623. The van der Waals surface area contributed by atoms with E-state index in [0.29, 0.717) is 18.6 Å². The average Bonchev–Trinajstić information content (AvgIpc) is 2.61. The maximum absolute atomic E-state index is 12.8. The lowest BCUT2D eigenvalue weighted by molar-refractivity contribution is -0.171. The highest BCUT2D eigenvalue weighted by Gasteiger charge is 2.62. The Morgan fingerprint density at radius 1 is 1.41 bits per heavy atom. The molecule has 1 aromatic rings. The molecule has 1 aliphatic carbocycles. The number of amides is 1. The van der Waals surface area contributed by atoms with Gasteiger partial charge in [0.1, 0.15) is 5.54 Å². The first kappa shape index (κ1) is 23.8. The van der Waals surface area contributed by atoms with Gasteiger partial charge < -0.3 is 15.8 Å². The second-order valence-corrected chi connectivity index (χ2v) is 9.20. The van der Waals surface area contributed by atoms with Crippen LogP contribution in [0.1, 0.15) is 45.7 Å². The number of sulfonamides is 1. The van der Waals surface area contributed by atoms with Gasteiger partial charge in [0.15, 0.2) is 0 Å². The number of nitrogens with one attached hydrogen (secondary N) is 2. The normalized spacial score (nSPS) is 25.0. The summed E-state index contributed by atoms with van der Waals surface area (Å²) in [6.07, 6.45) is 0.406. The highest BCUT2D eigenvalue weighted by molar-refractivity contribution is 7.89. The lowest BCUT2D eigenvalue weighted by Crippen LogP contribution is -2.75. The van der Waals surface area contributed by atoms with Crippen molar-refractivity contribution in [2.75, 3.05) is 13.7 Å². The molecule has 1 aliphatic rings. The number of halogens is 1. The number of hydrogen-bond acceptors (Lipinski definition) is 5. The number of hydrogen-bond donors (Lipinski definition) is 3. The molecule has 7 nitrogen and oxygen atoms in total. The van der Waals surface area contributed by atoms with Gasteiger partial charge in [-0.1, -0.05) is 26.0 Å². The van der Waals surface area contributed by atoms with E-state index in [1.807, 2.05) is 20.8 Å². The van der Waals surface area contributed by atoms with Crippen molar-refractivity contribution in [3.63, 3.8) is 0 Å². The fourth-order valence-corrected chi connectivity index (χ4v) is 4.08. The second kappa shape index (κ2) is 8.45. The Labute approximate surface area is 167 Å². The van der Waals surface area contributed by atoms with Crippen LogP contribution in [-0.2, 0) is 19.6 Å². The van der Waals surface area contributed by atoms with Gasteiger partial charge in [0, 0.05) is 18.4 Å². The average molecular weight is 420 g/mol. The fourth-order valence-electron chi connectivity index (χ4n) is 3.30. The molecule has 0 aromatic heterocycles.